The number of thioether (sulfide) groups is 1. The topological polar surface area (TPSA) is 79.0 Å². The van der Waals surface area contributed by atoms with Gasteiger partial charge >= 0.3 is 6.18 Å². The first kappa shape index (κ1) is 25.9. The molecule has 12 heteroatoms. The Kier molecular flexibility index (Phi) is 7.48. The number of amides is 3. The second kappa shape index (κ2) is 10.4. The highest BCUT2D eigenvalue weighted by Crippen LogP contribution is 2.44. The molecule has 7 nitrogen and oxygen atoms in total. The third-order valence-corrected chi connectivity index (χ3v) is 6.95. The summed E-state index contributed by atoms with van der Waals surface area (Å²) in [5, 5.41) is 2.41. The van der Waals surface area contributed by atoms with Crippen molar-refractivity contribution >= 4 is 63.0 Å². The second-order valence-electron chi connectivity index (χ2n) is 7.91. The average molecular weight is 536 g/mol. The number of thiocarbonyl (C=S) groups is 1. The molecule has 0 bridgehead atoms. The van der Waals surface area contributed by atoms with Gasteiger partial charge in [-0.05, 0) is 30.7 Å². The van der Waals surface area contributed by atoms with Gasteiger partial charge in [-0.15, -0.1) is 0 Å². The van der Waals surface area contributed by atoms with Crippen molar-refractivity contribution in [2.45, 2.75) is 12.6 Å². The number of nitrogens with zero attached hydrogens (tertiary/aromatic N) is 2. The van der Waals surface area contributed by atoms with E-state index in [2.05, 4.69) is 5.32 Å². The summed E-state index contributed by atoms with van der Waals surface area (Å²) in [5.41, 5.74) is 0.0850. The van der Waals surface area contributed by atoms with Crippen molar-refractivity contribution in [2.24, 2.45) is 0 Å². The third kappa shape index (κ3) is 5.15. The molecular weight excluding hydrogens is 515 g/mol. The Morgan fingerprint density at radius 2 is 1.83 bits per heavy atom. The first-order valence-electron chi connectivity index (χ1n) is 10.8. The first-order chi connectivity index (χ1) is 17.1. The minimum Gasteiger partial charge on any atom is -0.385 e. The lowest BCUT2D eigenvalue weighted by Gasteiger charge is -2.17. The van der Waals surface area contributed by atoms with Gasteiger partial charge in [0.1, 0.15) is 10.9 Å². The monoisotopic (exact) mass is 535 g/mol. The van der Waals surface area contributed by atoms with Gasteiger partial charge in [0.25, 0.3) is 11.8 Å². The van der Waals surface area contributed by atoms with Crippen LogP contribution < -0.4 is 10.2 Å². The predicted octanol–water partition coefficient (Wildman–Crippen LogP) is 4.30. The van der Waals surface area contributed by atoms with Crippen LogP contribution in [-0.2, 0) is 25.3 Å². The minimum absolute atomic E-state index is 0.0492. The van der Waals surface area contributed by atoms with E-state index in [0.717, 1.165) is 23.9 Å². The maximum atomic E-state index is 13.4. The number of carbonyl (C=O) groups excluding carboxylic acids is 3. The summed E-state index contributed by atoms with van der Waals surface area (Å²) in [5.74, 6) is -1.65. The molecule has 2 aromatic rings. The number of hydrogen-bond donors (Lipinski definition) is 1. The van der Waals surface area contributed by atoms with Gasteiger partial charge in [0, 0.05) is 31.5 Å². The van der Waals surface area contributed by atoms with E-state index in [0.29, 0.717) is 35.1 Å². The molecule has 4 rings (SSSR count). The van der Waals surface area contributed by atoms with Crippen LogP contribution in [0.25, 0.3) is 5.57 Å². The summed E-state index contributed by atoms with van der Waals surface area (Å²) >= 11 is 6.37. The predicted molar refractivity (Wildman–Crippen MR) is 134 cm³/mol. The number of ether oxygens (including phenoxy) is 1. The van der Waals surface area contributed by atoms with Crippen molar-refractivity contribution in [1.82, 2.24) is 4.90 Å². The number of rotatable bonds is 7. The van der Waals surface area contributed by atoms with Crippen LogP contribution in [0.1, 0.15) is 17.5 Å². The second-order valence-corrected chi connectivity index (χ2v) is 9.55. The van der Waals surface area contributed by atoms with Crippen molar-refractivity contribution in [1.29, 1.82) is 0 Å². The molecule has 2 aliphatic rings. The molecule has 2 aliphatic heterocycles. The zero-order valence-corrected chi connectivity index (χ0v) is 20.6. The Balaban J connectivity index is 1.58. The number of halogens is 3. The standard InChI is InChI=1S/C24H20F3N3O4S2/c1-34-11-5-10-29-22(33)20(36-23(29)35)19-16-8-2-3-9-17(16)30(21(19)32)13-18(31)28-15-7-4-6-14(12-15)24(25,26)27/h2-4,6-9,12H,5,10-11,13H2,1H3,(H,28,31)/b20-19+. The molecule has 1 fully saturated rings. The van der Waals surface area contributed by atoms with E-state index in [1.807, 2.05) is 0 Å². The fourth-order valence-corrected chi connectivity index (χ4v) is 5.26. The Bertz CT molecular complexity index is 1280. The first-order valence-corrected chi connectivity index (χ1v) is 12.0. The van der Waals surface area contributed by atoms with Gasteiger partial charge in [0.15, 0.2) is 0 Å². The molecule has 0 unspecified atom stereocenters. The van der Waals surface area contributed by atoms with Gasteiger partial charge in [0.2, 0.25) is 5.91 Å². The van der Waals surface area contributed by atoms with Crippen LogP contribution in [0, 0.1) is 0 Å². The molecule has 36 heavy (non-hydrogen) atoms. The average Bonchev–Trinajstić information content (AvgIpc) is 3.26. The number of nitrogens with one attached hydrogen (secondary N) is 1. The van der Waals surface area contributed by atoms with Gasteiger partial charge in [-0.25, -0.2) is 0 Å². The Labute approximate surface area is 214 Å². The number of methoxy groups -OCH3 is 1. The van der Waals surface area contributed by atoms with E-state index in [-0.39, 0.29) is 16.2 Å². The Morgan fingerprint density at radius 1 is 1.08 bits per heavy atom. The van der Waals surface area contributed by atoms with Crippen molar-refractivity contribution in [3.05, 3.63) is 64.6 Å². The Hall–Kier alpha value is -3.22. The summed E-state index contributed by atoms with van der Waals surface area (Å²) in [7, 11) is 1.55. The number of hydrogen-bond acceptors (Lipinski definition) is 6. The molecule has 188 valence electrons. The van der Waals surface area contributed by atoms with Crippen molar-refractivity contribution < 1.29 is 32.3 Å². The lowest BCUT2D eigenvalue weighted by atomic mass is 10.1. The van der Waals surface area contributed by atoms with Crippen LogP contribution in [0.2, 0.25) is 0 Å². The highest BCUT2D eigenvalue weighted by atomic mass is 32.2. The van der Waals surface area contributed by atoms with Crippen molar-refractivity contribution in [3.63, 3.8) is 0 Å². The van der Waals surface area contributed by atoms with E-state index < -0.39 is 36.0 Å². The van der Waals surface area contributed by atoms with E-state index in [4.69, 9.17) is 17.0 Å². The molecule has 1 saturated heterocycles. The fraction of sp³-hybridized carbons (Fsp3) is 0.250. The molecule has 0 aliphatic carbocycles. The van der Waals surface area contributed by atoms with Crippen LogP contribution in [0.3, 0.4) is 0 Å². The third-order valence-electron chi connectivity index (χ3n) is 5.50. The highest BCUT2D eigenvalue weighted by molar-refractivity contribution is 8.26. The van der Waals surface area contributed by atoms with Gasteiger partial charge in [0.05, 0.1) is 21.7 Å². The molecule has 2 heterocycles. The zero-order valence-electron chi connectivity index (χ0n) is 18.9. The fourth-order valence-electron chi connectivity index (χ4n) is 3.88. The van der Waals surface area contributed by atoms with Gasteiger partial charge in [-0.3, -0.25) is 24.2 Å². The van der Waals surface area contributed by atoms with Crippen molar-refractivity contribution in [3.8, 4) is 0 Å². The van der Waals surface area contributed by atoms with Crippen LogP contribution >= 0.6 is 24.0 Å². The normalized spacial score (nSPS) is 17.7. The molecule has 0 radical (unpaired) electrons. The molecule has 0 aromatic heterocycles. The zero-order chi connectivity index (χ0) is 26.0. The summed E-state index contributed by atoms with van der Waals surface area (Å²) in [6.07, 6.45) is -3.99. The molecular formula is C24H20F3N3O4S2. The molecule has 1 N–H and O–H groups in total. The number of benzene rings is 2. The number of alkyl halides is 3. The number of fused-ring (bicyclic) bond motifs is 1. The lowest BCUT2D eigenvalue weighted by Crippen LogP contribution is -2.35. The van der Waals surface area contributed by atoms with E-state index in [1.165, 1.54) is 21.9 Å². The van der Waals surface area contributed by atoms with Gasteiger partial charge in [-0.1, -0.05) is 48.2 Å². The number of carbonyl (C=O) groups is 3. The van der Waals surface area contributed by atoms with Gasteiger partial charge in [-0.2, -0.15) is 13.2 Å². The van der Waals surface area contributed by atoms with Gasteiger partial charge < -0.3 is 10.1 Å². The quantitative estimate of drug-likeness (QED) is 0.324. The highest BCUT2D eigenvalue weighted by Gasteiger charge is 2.42. The largest absolute Gasteiger partial charge is 0.416 e. The maximum Gasteiger partial charge on any atom is 0.416 e. The summed E-state index contributed by atoms with van der Waals surface area (Å²) in [6.45, 7) is 0.331. The molecule has 3 amide bonds. The number of para-hydroxylation sites is 1. The maximum absolute atomic E-state index is 13.4. The van der Waals surface area contributed by atoms with Crippen LogP contribution in [0.5, 0.6) is 0 Å². The molecule has 0 saturated carbocycles. The van der Waals surface area contributed by atoms with Crippen LogP contribution in [0.15, 0.2) is 53.4 Å². The Morgan fingerprint density at radius 3 is 2.56 bits per heavy atom. The minimum atomic E-state index is -4.56. The molecule has 0 atom stereocenters. The summed E-state index contributed by atoms with van der Waals surface area (Å²) in [6, 6.07) is 10.9. The van der Waals surface area contributed by atoms with Crippen LogP contribution in [-0.4, -0.2) is 53.7 Å². The van der Waals surface area contributed by atoms with E-state index >= 15 is 0 Å². The molecule has 0 spiro atoms. The number of anilines is 2. The smallest absolute Gasteiger partial charge is 0.385 e. The summed E-state index contributed by atoms with van der Waals surface area (Å²) < 4.78 is 44.3. The molecule has 2 aromatic carbocycles. The SMILES string of the molecule is COCCCN1C(=O)/C(=C2\C(=O)N(CC(=O)Nc3cccc(C(F)(F)F)c3)c3ccccc32)SC1=S. The summed E-state index contributed by atoms with van der Waals surface area (Å²) in [4.78, 5) is 42.1. The van der Waals surface area contributed by atoms with E-state index in [9.17, 15) is 27.6 Å². The van der Waals surface area contributed by atoms with Crippen LogP contribution in [0.4, 0.5) is 24.5 Å². The van der Waals surface area contributed by atoms with Crippen molar-refractivity contribution in [2.75, 3.05) is 37.0 Å². The lowest BCUT2D eigenvalue weighted by molar-refractivity contribution is -0.137. The van der Waals surface area contributed by atoms with E-state index in [1.54, 1.807) is 31.4 Å².